The Morgan fingerprint density at radius 2 is 1.58 bits per heavy atom. The molecule has 0 aromatic heterocycles. The van der Waals surface area contributed by atoms with Gasteiger partial charge in [-0.25, -0.2) is 0 Å². The lowest BCUT2D eigenvalue weighted by Crippen LogP contribution is -2.66. The number of phenols is 2. The van der Waals surface area contributed by atoms with E-state index >= 15 is 0 Å². The number of carbonyl (C=O) groups is 1. The van der Waals surface area contributed by atoms with Crippen molar-refractivity contribution >= 4 is 5.78 Å². The molecule has 1 heterocycles. The summed E-state index contributed by atoms with van der Waals surface area (Å²) in [5.41, 5.74) is -4.75. The second kappa shape index (κ2) is 9.77. The van der Waals surface area contributed by atoms with E-state index < -0.39 is 69.8 Å². The maximum Gasteiger partial charge on any atom is 0.160 e. The van der Waals surface area contributed by atoms with Crippen molar-refractivity contribution in [3.05, 3.63) is 35.4 Å². The van der Waals surface area contributed by atoms with Crippen LogP contribution in [0.15, 0.2) is 29.8 Å². The van der Waals surface area contributed by atoms with Gasteiger partial charge in [-0.1, -0.05) is 40.5 Å². The number of aliphatic hydroxyl groups excluding tert-OH is 3. The Labute approximate surface area is 264 Å². The second-order valence-electron chi connectivity index (χ2n) is 16.5. The molecule has 45 heavy (non-hydrogen) atoms. The molecule has 5 fully saturated rings. The molecule has 9 heteroatoms. The number of rotatable bonds is 1. The van der Waals surface area contributed by atoms with Crippen molar-refractivity contribution in [2.24, 2.45) is 40.4 Å². The number of ketones is 1. The lowest BCUT2D eigenvalue weighted by Gasteiger charge is -2.62. The predicted octanol–water partition coefficient (Wildman–Crippen LogP) is 3.31. The summed E-state index contributed by atoms with van der Waals surface area (Å²) < 4.78 is 6.84. The van der Waals surface area contributed by atoms with Gasteiger partial charge in [0.1, 0.15) is 17.1 Å². The Morgan fingerprint density at radius 1 is 0.911 bits per heavy atom. The zero-order chi connectivity index (χ0) is 32.6. The lowest BCUT2D eigenvalue weighted by atomic mass is 9.43. The van der Waals surface area contributed by atoms with Gasteiger partial charge in [0.25, 0.3) is 0 Å². The Hall–Kier alpha value is -2.01. The molecular weight excluding hydrogens is 576 g/mol. The summed E-state index contributed by atoms with van der Waals surface area (Å²) in [7, 11) is 0. The number of allylic oxidation sites excluding steroid dienone is 1. The van der Waals surface area contributed by atoms with Crippen LogP contribution >= 0.6 is 0 Å². The summed E-state index contributed by atoms with van der Waals surface area (Å²) >= 11 is 0. The predicted molar refractivity (Wildman–Crippen MR) is 164 cm³/mol. The number of phenolic OH excluding ortho intramolecular Hbond substituents is 2. The van der Waals surface area contributed by atoms with E-state index in [0.717, 1.165) is 12.8 Å². The number of fused-ring (bicyclic) bond motifs is 7. The first kappa shape index (κ1) is 31.6. The van der Waals surface area contributed by atoms with Crippen LogP contribution in [0.25, 0.3) is 0 Å². The molecule has 5 aliphatic carbocycles. The summed E-state index contributed by atoms with van der Waals surface area (Å²) in [5.74, 6) is -2.87. The van der Waals surface area contributed by atoms with Crippen LogP contribution in [0, 0.1) is 40.4 Å². The molecule has 0 radical (unpaired) electrons. The zero-order valence-corrected chi connectivity index (χ0v) is 27.0. The summed E-state index contributed by atoms with van der Waals surface area (Å²) in [4.78, 5) is 14.3. The van der Waals surface area contributed by atoms with E-state index in [1.165, 1.54) is 18.2 Å². The van der Waals surface area contributed by atoms with Crippen molar-refractivity contribution < 1.29 is 45.3 Å². The highest BCUT2D eigenvalue weighted by atomic mass is 16.6. The zero-order valence-electron chi connectivity index (χ0n) is 27.0. The van der Waals surface area contributed by atoms with E-state index in [1.54, 1.807) is 13.0 Å². The summed E-state index contributed by atoms with van der Waals surface area (Å²) in [5, 5.41) is 80.0. The smallest absolute Gasteiger partial charge is 0.160 e. The fraction of sp³-hybridized carbons (Fsp3) is 0.750. The normalized spacial score (nSPS) is 54.1. The molecule has 1 saturated heterocycles. The Kier molecular flexibility index (Phi) is 6.85. The van der Waals surface area contributed by atoms with Crippen LogP contribution in [0.1, 0.15) is 91.0 Å². The van der Waals surface area contributed by atoms with E-state index in [-0.39, 0.29) is 47.9 Å². The third-order valence-electron chi connectivity index (χ3n) is 14.4. The molecule has 4 saturated carbocycles. The van der Waals surface area contributed by atoms with Gasteiger partial charge in [-0.05, 0) is 85.1 Å². The first-order valence-electron chi connectivity index (χ1n) is 16.9. The standard InChI is InChI=1S/C36H50O9/c1-17-7-6-9-36(31(42)18(17)2)34(5,43)30-26(45-36)16-35(44)23-14-24(39)28-27(19-11-20(37)13-21(38)12-19)29(41)25(40)15-32(28,3)22(23)8-10-33(30,35)4/h11-14,17-18,22,25-31,37-38,40-44H,6-10,15-16H2,1-5H3/t17-,18-,22+,25-,26-,27+,28-,29-,30+,31-,32+,33+,34+,35-,36-/m0/s1. The Balaban J connectivity index is 1.30. The van der Waals surface area contributed by atoms with Crippen LogP contribution in [0.3, 0.4) is 0 Å². The van der Waals surface area contributed by atoms with Crippen molar-refractivity contribution in [1.29, 1.82) is 0 Å². The van der Waals surface area contributed by atoms with Crippen LogP contribution in [0.2, 0.25) is 0 Å². The third kappa shape index (κ3) is 3.85. The fourth-order valence-electron chi connectivity index (χ4n) is 12.0. The molecule has 1 aromatic carbocycles. The highest BCUT2D eigenvalue weighted by Crippen LogP contribution is 2.73. The molecule has 1 aliphatic heterocycles. The molecule has 7 N–H and O–H groups in total. The highest BCUT2D eigenvalue weighted by Gasteiger charge is 2.79. The van der Waals surface area contributed by atoms with E-state index in [2.05, 4.69) is 6.92 Å². The number of carbonyl (C=O) groups excluding carboxylic acids is 1. The van der Waals surface area contributed by atoms with Gasteiger partial charge in [-0.2, -0.15) is 0 Å². The largest absolute Gasteiger partial charge is 0.508 e. The number of hydrogen-bond donors (Lipinski definition) is 7. The van der Waals surface area contributed by atoms with Crippen LogP contribution in [0.4, 0.5) is 0 Å². The molecule has 248 valence electrons. The third-order valence-corrected chi connectivity index (χ3v) is 14.4. The SMILES string of the molecule is C[C@H]1[C@@H](C)CCC[C@]2(O[C@H]3C[C@]4(O)C5=CC(=O)[C@H]6[C@@H](c7cc(O)cc(O)c7)[C@@H](O)[C@@H](O)C[C@]6(C)[C@@H]5CC[C@]4(C)[C@@H]3[C@@]2(C)O)[C@H]1O. The van der Waals surface area contributed by atoms with E-state index in [1.807, 2.05) is 20.8 Å². The monoisotopic (exact) mass is 626 g/mol. The van der Waals surface area contributed by atoms with Gasteiger partial charge < -0.3 is 40.5 Å². The molecule has 1 spiro atoms. The van der Waals surface area contributed by atoms with Crippen LogP contribution < -0.4 is 0 Å². The first-order valence-corrected chi connectivity index (χ1v) is 16.9. The quantitative estimate of drug-likeness (QED) is 0.247. The van der Waals surface area contributed by atoms with Crippen LogP contribution in [-0.2, 0) is 9.53 Å². The summed E-state index contributed by atoms with van der Waals surface area (Å²) in [6, 6.07) is 4.02. The molecule has 0 unspecified atom stereocenters. The fourth-order valence-corrected chi connectivity index (χ4v) is 12.0. The number of hydrogen-bond acceptors (Lipinski definition) is 9. The van der Waals surface area contributed by atoms with Gasteiger partial charge in [-0.15, -0.1) is 0 Å². The van der Waals surface area contributed by atoms with E-state index in [4.69, 9.17) is 4.74 Å². The number of ether oxygens (including phenoxy) is 1. The van der Waals surface area contributed by atoms with Gasteiger partial charge in [0.15, 0.2) is 5.78 Å². The van der Waals surface area contributed by atoms with Gasteiger partial charge >= 0.3 is 0 Å². The van der Waals surface area contributed by atoms with E-state index in [9.17, 15) is 40.5 Å². The Morgan fingerprint density at radius 3 is 2.24 bits per heavy atom. The second-order valence-corrected chi connectivity index (χ2v) is 16.5. The maximum absolute atomic E-state index is 14.3. The minimum Gasteiger partial charge on any atom is -0.508 e. The van der Waals surface area contributed by atoms with Crippen molar-refractivity contribution in [3.8, 4) is 11.5 Å². The first-order chi connectivity index (χ1) is 20.9. The van der Waals surface area contributed by atoms with Gasteiger partial charge in [-0.3, -0.25) is 4.79 Å². The van der Waals surface area contributed by atoms with Crippen molar-refractivity contribution in [1.82, 2.24) is 0 Å². The molecule has 0 amide bonds. The molecule has 6 aliphatic rings. The minimum absolute atomic E-state index is 0.0646. The molecule has 0 bridgehead atoms. The van der Waals surface area contributed by atoms with Gasteiger partial charge in [0.05, 0.1) is 35.6 Å². The summed E-state index contributed by atoms with van der Waals surface area (Å²) in [6.07, 6.45) is 1.48. The molecule has 15 atom stereocenters. The van der Waals surface area contributed by atoms with E-state index in [0.29, 0.717) is 30.4 Å². The van der Waals surface area contributed by atoms with Gasteiger partial charge in [0, 0.05) is 35.7 Å². The van der Waals surface area contributed by atoms with Crippen molar-refractivity contribution in [3.63, 3.8) is 0 Å². The van der Waals surface area contributed by atoms with Crippen LogP contribution in [0.5, 0.6) is 11.5 Å². The molecule has 9 nitrogen and oxygen atoms in total. The number of aliphatic hydroxyl groups is 5. The number of benzene rings is 1. The maximum atomic E-state index is 14.3. The highest BCUT2D eigenvalue weighted by molar-refractivity contribution is 5.96. The summed E-state index contributed by atoms with van der Waals surface area (Å²) in [6.45, 7) is 9.88. The molecule has 7 rings (SSSR count). The topological polar surface area (TPSA) is 168 Å². The average Bonchev–Trinajstić information content (AvgIpc) is 3.27. The number of aromatic hydroxyl groups is 2. The molecule has 1 aromatic rings. The van der Waals surface area contributed by atoms with Crippen molar-refractivity contribution in [2.45, 2.75) is 127 Å². The van der Waals surface area contributed by atoms with Crippen molar-refractivity contribution in [2.75, 3.05) is 0 Å². The lowest BCUT2D eigenvalue weighted by molar-refractivity contribution is -0.223. The Bertz CT molecular complexity index is 1420. The van der Waals surface area contributed by atoms with Gasteiger partial charge in [0.2, 0.25) is 0 Å². The molecular formula is C36H50O9. The van der Waals surface area contributed by atoms with Crippen LogP contribution in [-0.4, -0.2) is 82.7 Å². The minimum atomic E-state index is -1.46. The average molecular weight is 627 g/mol.